The van der Waals surface area contributed by atoms with E-state index in [1.807, 2.05) is 42.9 Å². The highest BCUT2D eigenvalue weighted by Gasteiger charge is 2.07. The third kappa shape index (κ3) is 6.50. The molecule has 2 N–H and O–H groups in total. The van der Waals surface area contributed by atoms with Gasteiger partial charge in [-0.3, -0.25) is 4.99 Å². The van der Waals surface area contributed by atoms with Crippen LogP contribution in [-0.4, -0.2) is 42.5 Å². The van der Waals surface area contributed by atoms with Crippen LogP contribution in [0.2, 0.25) is 0 Å². The van der Waals surface area contributed by atoms with Gasteiger partial charge in [-0.25, -0.2) is 4.68 Å². The molecule has 0 fully saturated rings. The quantitative estimate of drug-likeness (QED) is 0.387. The second kappa shape index (κ2) is 11.6. The number of hydrogen-bond acceptors (Lipinski definition) is 4. The number of benzene rings is 2. The smallest absolute Gasteiger partial charge is 0.191 e. The lowest BCUT2D eigenvalue weighted by Crippen LogP contribution is -2.37. The fourth-order valence-electron chi connectivity index (χ4n) is 3.17. The number of guanidine groups is 1. The van der Waals surface area contributed by atoms with Gasteiger partial charge in [0, 0.05) is 32.5 Å². The zero-order chi connectivity index (χ0) is 21.9. The summed E-state index contributed by atoms with van der Waals surface area (Å²) >= 11 is 0. The van der Waals surface area contributed by atoms with Crippen molar-refractivity contribution in [2.45, 2.75) is 26.8 Å². The second-order valence-corrected chi connectivity index (χ2v) is 6.87. The van der Waals surface area contributed by atoms with E-state index in [2.05, 4.69) is 51.1 Å². The Bertz CT molecular complexity index is 953. The van der Waals surface area contributed by atoms with Crippen LogP contribution < -0.4 is 20.1 Å². The molecule has 0 aliphatic rings. The minimum Gasteiger partial charge on any atom is -0.490 e. The third-order valence-corrected chi connectivity index (χ3v) is 4.70. The molecule has 0 aliphatic carbocycles. The lowest BCUT2D eigenvalue weighted by Gasteiger charge is -2.14. The molecule has 0 radical (unpaired) electrons. The Morgan fingerprint density at radius 3 is 2.39 bits per heavy atom. The predicted octanol–water partition coefficient (Wildman–Crippen LogP) is 3.58. The van der Waals surface area contributed by atoms with Crippen LogP contribution in [-0.2, 0) is 13.0 Å². The van der Waals surface area contributed by atoms with Gasteiger partial charge in [-0.2, -0.15) is 5.10 Å². The standard InChI is InChI=1S/C24H31N5O2/c1-4-30-22-12-9-19(17-23(22)31-5-2)13-15-26-24(25-3)27-18-20-7-10-21(11-8-20)29-16-6-14-28-29/h6-12,14,16-17H,4-5,13,15,18H2,1-3H3,(H2,25,26,27). The molecule has 0 amide bonds. The maximum Gasteiger partial charge on any atom is 0.191 e. The minimum atomic E-state index is 0.612. The molecule has 31 heavy (non-hydrogen) atoms. The summed E-state index contributed by atoms with van der Waals surface area (Å²) in [4.78, 5) is 4.31. The molecule has 7 heteroatoms. The summed E-state index contributed by atoms with van der Waals surface area (Å²) in [6.45, 7) is 6.63. The summed E-state index contributed by atoms with van der Waals surface area (Å²) in [6, 6.07) is 16.3. The molecule has 0 atom stereocenters. The van der Waals surface area contributed by atoms with E-state index in [0.717, 1.165) is 36.1 Å². The summed E-state index contributed by atoms with van der Waals surface area (Å²) in [5.74, 6) is 2.35. The maximum absolute atomic E-state index is 5.71. The monoisotopic (exact) mass is 421 g/mol. The first-order valence-corrected chi connectivity index (χ1v) is 10.7. The van der Waals surface area contributed by atoms with Crippen LogP contribution in [0, 0.1) is 0 Å². The number of nitrogens with zero attached hydrogens (tertiary/aromatic N) is 3. The Morgan fingerprint density at radius 1 is 0.968 bits per heavy atom. The largest absolute Gasteiger partial charge is 0.490 e. The fourth-order valence-corrected chi connectivity index (χ4v) is 3.17. The molecule has 2 aromatic carbocycles. The summed E-state index contributed by atoms with van der Waals surface area (Å²) in [7, 11) is 1.78. The van der Waals surface area contributed by atoms with Gasteiger partial charge in [-0.05, 0) is 61.7 Å². The van der Waals surface area contributed by atoms with E-state index in [-0.39, 0.29) is 0 Å². The first kappa shape index (κ1) is 22.2. The maximum atomic E-state index is 5.71. The molecule has 0 unspecified atom stereocenters. The number of hydrogen-bond donors (Lipinski definition) is 2. The fraction of sp³-hybridized carbons (Fsp3) is 0.333. The molecular weight excluding hydrogens is 390 g/mol. The molecule has 164 valence electrons. The van der Waals surface area contributed by atoms with Crippen molar-refractivity contribution >= 4 is 5.96 Å². The van der Waals surface area contributed by atoms with Crippen LogP contribution in [0.5, 0.6) is 11.5 Å². The molecule has 3 rings (SSSR count). The zero-order valence-electron chi connectivity index (χ0n) is 18.5. The van der Waals surface area contributed by atoms with Crippen molar-refractivity contribution in [3.05, 3.63) is 72.1 Å². The Kier molecular flexibility index (Phi) is 8.34. The SMILES string of the molecule is CCOc1ccc(CCNC(=NC)NCc2ccc(-n3cccn3)cc2)cc1OCC. The molecule has 0 saturated carbocycles. The molecule has 1 aromatic heterocycles. The van der Waals surface area contributed by atoms with E-state index < -0.39 is 0 Å². The van der Waals surface area contributed by atoms with E-state index in [1.165, 1.54) is 11.1 Å². The molecular formula is C24H31N5O2. The summed E-state index contributed by atoms with van der Waals surface area (Å²) in [6.07, 6.45) is 4.56. The Morgan fingerprint density at radius 2 is 1.71 bits per heavy atom. The number of aliphatic imine (C=N–C) groups is 1. The van der Waals surface area contributed by atoms with E-state index in [9.17, 15) is 0 Å². The van der Waals surface area contributed by atoms with Crippen molar-refractivity contribution in [3.8, 4) is 17.2 Å². The Balaban J connectivity index is 1.48. The van der Waals surface area contributed by atoms with Crippen molar-refractivity contribution in [2.75, 3.05) is 26.8 Å². The van der Waals surface area contributed by atoms with Crippen LogP contribution in [0.1, 0.15) is 25.0 Å². The average molecular weight is 422 g/mol. The van der Waals surface area contributed by atoms with Crippen molar-refractivity contribution in [3.63, 3.8) is 0 Å². The number of ether oxygens (including phenoxy) is 2. The summed E-state index contributed by atoms with van der Waals surface area (Å²) in [5, 5.41) is 11.0. The number of nitrogens with one attached hydrogen (secondary N) is 2. The summed E-state index contributed by atoms with van der Waals surface area (Å²) < 4.78 is 13.2. The minimum absolute atomic E-state index is 0.612. The van der Waals surface area contributed by atoms with Gasteiger partial charge in [-0.15, -0.1) is 0 Å². The second-order valence-electron chi connectivity index (χ2n) is 6.87. The van der Waals surface area contributed by atoms with Crippen LogP contribution in [0.4, 0.5) is 0 Å². The van der Waals surface area contributed by atoms with E-state index in [4.69, 9.17) is 9.47 Å². The first-order chi connectivity index (χ1) is 15.2. The lowest BCUT2D eigenvalue weighted by molar-refractivity contribution is 0.287. The number of aromatic nitrogens is 2. The van der Waals surface area contributed by atoms with Gasteiger partial charge in [0.1, 0.15) is 0 Å². The highest BCUT2D eigenvalue weighted by molar-refractivity contribution is 5.79. The van der Waals surface area contributed by atoms with Gasteiger partial charge in [-0.1, -0.05) is 18.2 Å². The van der Waals surface area contributed by atoms with E-state index >= 15 is 0 Å². The zero-order valence-corrected chi connectivity index (χ0v) is 18.5. The molecule has 3 aromatic rings. The van der Waals surface area contributed by atoms with Gasteiger partial charge < -0.3 is 20.1 Å². The van der Waals surface area contributed by atoms with Gasteiger partial charge >= 0.3 is 0 Å². The molecule has 0 spiro atoms. The van der Waals surface area contributed by atoms with Gasteiger partial charge in [0.2, 0.25) is 0 Å². The topological polar surface area (TPSA) is 72.7 Å². The van der Waals surface area contributed by atoms with Gasteiger partial charge in [0.05, 0.1) is 18.9 Å². The molecule has 7 nitrogen and oxygen atoms in total. The molecule has 0 bridgehead atoms. The Labute approximate surface area is 184 Å². The van der Waals surface area contributed by atoms with Crippen molar-refractivity contribution in [1.29, 1.82) is 0 Å². The van der Waals surface area contributed by atoms with E-state index in [1.54, 1.807) is 13.2 Å². The first-order valence-electron chi connectivity index (χ1n) is 10.7. The Hall–Kier alpha value is -3.48. The lowest BCUT2D eigenvalue weighted by atomic mass is 10.1. The van der Waals surface area contributed by atoms with Crippen LogP contribution >= 0.6 is 0 Å². The highest BCUT2D eigenvalue weighted by atomic mass is 16.5. The highest BCUT2D eigenvalue weighted by Crippen LogP contribution is 2.28. The van der Waals surface area contributed by atoms with E-state index in [0.29, 0.717) is 19.8 Å². The molecule has 0 aliphatic heterocycles. The van der Waals surface area contributed by atoms with Gasteiger partial charge in [0.15, 0.2) is 17.5 Å². The van der Waals surface area contributed by atoms with Crippen LogP contribution in [0.15, 0.2) is 65.9 Å². The normalized spacial score (nSPS) is 11.3. The predicted molar refractivity (Wildman–Crippen MR) is 124 cm³/mol. The van der Waals surface area contributed by atoms with Crippen LogP contribution in [0.3, 0.4) is 0 Å². The molecule has 0 saturated heterocycles. The van der Waals surface area contributed by atoms with Crippen molar-refractivity contribution in [2.24, 2.45) is 4.99 Å². The van der Waals surface area contributed by atoms with Crippen molar-refractivity contribution in [1.82, 2.24) is 20.4 Å². The van der Waals surface area contributed by atoms with Crippen LogP contribution in [0.25, 0.3) is 5.69 Å². The molecule has 1 heterocycles. The average Bonchev–Trinajstić information content (AvgIpc) is 3.33. The van der Waals surface area contributed by atoms with Gasteiger partial charge in [0.25, 0.3) is 0 Å². The third-order valence-electron chi connectivity index (χ3n) is 4.70. The van der Waals surface area contributed by atoms with Crippen molar-refractivity contribution < 1.29 is 9.47 Å². The summed E-state index contributed by atoms with van der Waals surface area (Å²) in [5.41, 5.74) is 3.40. The number of rotatable bonds is 10.